The zero-order valence-electron chi connectivity index (χ0n) is 10.6. The Morgan fingerprint density at radius 3 is 2.40 bits per heavy atom. The third-order valence-corrected chi connectivity index (χ3v) is 3.61. The Labute approximate surface area is 123 Å². The van der Waals surface area contributed by atoms with E-state index in [1.54, 1.807) is 0 Å². The number of nitrogens with one attached hydrogen (secondary N) is 1. The smallest absolute Gasteiger partial charge is 0.361 e. The fourth-order valence-electron chi connectivity index (χ4n) is 1.84. The number of hydrogen-bond acceptors (Lipinski definition) is 2. The lowest BCUT2D eigenvalue weighted by atomic mass is 10.0. The molecule has 1 radical (unpaired) electrons. The predicted octanol–water partition coefficient (Wildman–Crippen LogP) is 3.83. The molecule has 1 unspecified atom stereocenters. The van der Waals surface area contributed by atoms with Crippen LogP contribution in [0.25, 0.3) is 0 Å². The molecule has 20 heavy (non-hydrogen) atoms. The third-order valence-electron chi connectivity index (χ3n) is 2.86. The predicted molar refractivity (Wildman–Crippen MR) is 74.2 cm³/mol. The first-order valence-corrected chi connectivity index (χ1v) is 6.80. The molecule has 0 amide bonds. The Balaban J connectivity index is 2.17. The lowest BCUT2D eigenvalue weighted by Gasteiger charge is -2.18. The van der Waals surface area contributed by atoms with E-state index in [-0.39, 0.29) is 16.3 Å². The minimum absolute atomic E-state index is 0.105. The molecule has 0 aromatic heterocycles. The van der Waals surface area contributed by atoms with Gasteiger partial charge in [0.05, 0.1) is 10.5 Å². The Bertz CT molecular complexity index is 538. The molecule has 7 heteroatoms. The first-order chi connectivity index (χ1) is 9.43. The van der Waals surface area contributed by atoms with E-state index in [2.05, 4.69) is 31.8 Å². The number of hydrogen-bond donors (Lipinski definition) is 1. The van der Waals surface area contributed by atoms with Gasteiger partial charge in [-0.1, -0.05) is 37.3 Å². The number of allylic oxidation sites excluding steroid dienone is 1. The zero-order chi connectivity index (χ0) is 14.8. The van der Waals surface area contributed by atoms with Gasteiger partial charge in [-0.05, 0) is 27.9 Å². The zero-order valence-corrected chi connectivity index (χ0v) is 12.2. The van der Waals surface area contributed by atoms with Crippen LogP contribution in [-0.2, 0) is 0 Å². The van der Waals surface area contributed by atoms with Gasteiger partial charge in [0.25, 0.3) is 0 Å². The van der Waals surface area contributed by atoms with Gasteiger partial charge in [0.15, 0.2) is 11.5 Å². The van der Waals surface area contributed by atoms with Crippen LogP contribution >= 0.6 is 15.9 Å². The fraction of sp³-hybridized carbons (Fsp3) is 0.308. The number of nitrogens with zero attached hydrogens (tertiary/aromatic N) is 2. The lowest BCUT2D eigenvalue weighted by Crippen LogP contribution is -2.25. The van der Waals surface area contributed by atoms with Gasteiger partial charge < -0.3 is 5.32 Å². The number of rotatable bonds is 4. The summed E-state index contributed by atoms with van der Waals surface area (Å²) in [4.78, 5) is 0. The lowest BCUT2D eigenvalue weighted by molar-refractivity contribution is -0.0578. The van der Waals surface area contributed by atoms with Crippen LogP contribution in [-0.4, -0.2) is 11.9 Å². The summed E-state index contributed by atoms with van der Waals surface area (Å²) >= 11 is 2.91. The highest BCUT2D eigenvalue weighted by atomic mass is 79.9. The van der Waals surface area contributed by atoms with Gasteiger partial charge in [-0.2, -0.15) is 13.2 Å². The van der Waals surface area contributed by atoms with E-state index in [1.807, 2.05) is 37.3 Å². The SMILES string of the molecule is CCC(NC1=C(Br)C(C(F)(F)F)=N[N]1)c1ccccc1. The van der Waals surface area contributed by atoms with Crippen molar-refractivity contribution in [3.8, 4) is 0 Å². The van der Waals surface area contributed by atoms with E-state index >= 15 is 0 Å². The Kier molecular flexibility index (Phi) is 4.37. The Morgan fingerprint density at radius 2 is 1.90 bits per heavy atom. The van der Waals surface area contributed by atoms with Crippen molar-refractivity contribution in [2.45, 2.75) is 25.6 Å². The normalized spacial score (nSPS) is 16.8. The highest BCUT2D eigenvalue weighted by molar-refractivity contribution is 9.12. The molecule has 3 nitrogen and oxygen atoms in total. The molecule has 0 saturated carbocycles. The molecule has 1 aliphatic rings. The highest BCUT2D eigenvalue weighted by Gasteiger charge is 2.42. The summed E-state index contributed by atoms with van der Waals surface area (Å²) in [5, 5.41) is 6.17. The van der Waals surface area contributed by atoms with Gasteiger partial charge in [-0.25, -0.2) is 0 Å². The van der Waals surface area contributed by atoms with Gasteiger partial charge in [0.2, 0.25) is 0 Å². The molecule has 1 aromatic carbocycles. The first kappa shape index (κ1) is 14.9. The third kappa shape index (κ3) is 3.15. The van der Waals surface area contributed by atoms with Crippen LogP contribution in [0.2, 0.25) is 0 Å². The van der Waals surface area contributed by atoms with E-state index in [0.717, 1.165) is 5.56 Å². The van der Waals surface area contributed by atoms with E-state index in [9.17, 15) is 13.2 Å². The van der Waals surface area contributed by atoms with Crippen LogP contribution in [0.15, 0.2) is 45.7 Å². The minimum Gasteiger partial charge on any atom is -0.361 e. The average molecular weight is 347 g/mol. The summed E-state index contributed by atoms with van der Waals surface area (Å²) in [7, 11) is 0. The van der Waals surface area contributed by atoms with Crippen LogP contribution in [0.4, 0.5) is 13.2 Å². The molecule has 0 bridgehead atoms. The molecule has 0 aliphatic carbocycles. The molecule has 0 spiro atoms. The van der Waals surface area contributed by atoms with E-state index < -0.39 is 11.9 Å². The summed E-state index contributed by atoms with van der Waals surface area (Å²) in [5.41, 5.74) is 3.54. The van der Waals surface area contributed by atoms with Crippen molar-refractivity contribution in [1.29, 1.82) is 0 Å². The molecule has 1 atom stereocenters. The Hall–Kier alpha value is -1.50. The van der Waals surface area contributed by atoms with Crippen molar-refractivity contribution >= 4 is 21.6 Å². The largest absolute Gasteiger partial charge is 0.436 e. The van der Waals surface area contributed by atoms with Crippen LogP contribution < -0.4 is 10.7 Å². The van der Waals surface area contributed by atoms with Gasteiger partial charge in [-0.3, -0.25) is 0 Å². The van der Waals surface area contributed by atoms with E-state index in [4.69, 9.17) is 0 Å². The van der Waals surface area contributed by atoms with Gasteiger partial charge >= 0.3 is 6.18 Å². The number of halogens is 4. The average Bonchev–Trinajstić information content (AvgIpc) is 2.78. The van der Waals surface area contributed by atoms with Gasteiger partial charge in [0, 0.05) is 0 Å². The van der Waals surface area contributed by atoms with E-state index in [1.165, 1.54) is 0 Å². The fourth-order valence-corrected chi connectivity index (χ4v) is 2.34. The Morgan fingerprint density at radius 1 is 1.25 bits per heavy atom. The number of benzene rings is 1. The molecule has 1 heterocycles. The summed E-state index contributed by atoms with van der Waals surface area (Å²) in [6, 6.07) is 9.35. The summed E-state index contributed by atoms with van der Waals surface area (Å²) in [6.45, 7) is 1.94. The summed E-state index contributed by atoms with van der Waals surface area (Å²) < 4.78 is 37.8. The first-order valence-electron chi connectivity index (χ1n) is 6.01. The second-order valence-electron chi connectivity index (χ2n) is 4.22. The molecule has 1 aliphatic heterocycles. The van der Waals surface area contributed by atoms with Crippen LogP contribution in [0.5, 0.6) is 0 Å². The van der Waals surface area contributed by atoms with Crippen LogP contribution in [0, 0.1) is 0 Å². The molecule has 2 rings (SSSR count). The molecule has 0 saturated heterocycles. The monoisotopic (exact) mass is 346 g/mol. The van der Waals surface area contributed by atoms with Crippen molar-refractivity contribution in [3.63, 3.8) is 0 Å². The quantitative estimate of drug-likeness (QED) is 0.883. The second-order valence-corrected chi connectivity index (χ2v) is 5.02. The van der Waals surface area contributed by atoms with Crippen molar-refractivity contribution in [1.82, 2.24) is 10.7 Å². The topological polar surface area (TPSA) is 38.5 Å². The molecule has 1 N–H and O–H groups in total. The summed E-state index contributed by atoms with van der Waals surface area (Å²) in [6.07, 6.45) is -3.80. The van der Waals surface area contributed by atoms with Gasteiger partial charge in [0.1, 0.15) is 0 Å². The highest BCUT2D eigenvalue weighted by Crippen LogP contribution is 2.31. The molecular weight excluding hydrogens is 335 g/mol. The van der Waals surface area contributed by atoms with Crippen molar-refractivity contribution in [2.24, 2.45) is 5.10 Å². The maximum atomic E-state index is 12.6. The number of alkyl halides is 3. The molecule has 1 aromatic rings. The van der Waals surface area contributed by atoms with Crippen molar-refractivity contribution in [2.75, 3.05) is 0 Å². The van der Waals surface area contributed by atoms with Crippen LogP contribution in [0.3, 0.4) is 0 Å². The standard InChI is InChI=1S/C13H12BrF3N3/c1-2-9(8-6-4-3-5-7-8)18-12-10(14)11(19-20-12)13(15,16)17/h3-7,9,18H,2H2,1H3. The maximum absolute atomic E-state index is 12.6. The maximum Gasteiger partial charge on any atom is 0.436 e. The molecular formula is C13H12BrF3N3. The van der Waals surface area contributed by atoms with E-state index in [0.29, 0.717) is 6.42 Å². The van der Waals surface area contributed by atoms with Crippen molar-refractivity contribution in [3.05, 3.63) is 46.2 Å². The molecule has 107 valence electrons. The van der Waals surface area contributed by atoms with Gasteiger partial charge in [-0.15, -0.1) is 10.5 Å². The van der Waals surface area contributed by atoms with Crippen LogP contribution in [0.1, 0.15) is 24.9 Å². The minimum atomic E-state index is -4.51. The molecule has 0 fully saturated rings. The second kappa shape index (κ2) is 5.87. The van der Waals surface area contributed by atoms with Crippen molar-refractivity contribution < 1.29 is 13.2 Å². The summed E-state index contributed by atoms with van der Waals surface area (Å²) in [5.74, 6) is 0.105.